The van der Waals surface area contributed by atoms with Crippen LogP contribution in [0.5, 0.6) is 0 Å². The molecule has 16 heavy (non-hydrogen) atoms. The number of hydrogen-bond donors (Lipinski definition) is 0. The molecule has 0 bridgehead atoms. The predicted octanol–water partition coefficient (Wildman–Crippen LogP) is 3.74. The lowest BCUT2D eigenvalue weighted by atomic mass is 10.1. The van der Waals surface area contributed by atoms with E-state index in [-0.39, 0.29) is 6.61 Å². The van der Waals surface area contributed by atoms with Gasteiger partial charge in [0.2, 0.25) is 0 Å². The Balaban J connectivity index is 2.41. The molecule has 0 aliphatic carbocycles. The molecule has 0 amide bonds. The van der Waals surface area contributed by atoms with Crippen LogP contribution >= 0.6 is 11.3 Å². The highest BCUT2D eigenvalue weighted by Gasteiger charge is 2.27. The molecule has 0 aliphatic heterocycles. The van der Waals surface area contributed by atoms with Crippen LogP contribution < -0.4 is 0 Å². The standard InChI is InChI=1S/C10H14F3NOS/c1-3-7(2)8-5-16-9(14-8)4-15-6-10(11,12)13/h5,7H,3-4,6H2,1-2H3. The van der Waals surface area contributed by atoms with Crippen LogP contribution in [0.4, 0.5) is 13.2 Å². The molecule has 2 nitrogen and oxygen atoms in total. The Morgan fingerprint density at radius 3 is 2.75 bits per heavy atom. The molecular formula is C10H14F3NOS. The maximum atomic E-state index is 11.8. The third kappa shape index (κ3) is 4.49. The summed E-state index contributed by atoms with van der Waals surface area (Å²) in [5.41, 5.74) is 0.929. The summed E-state index contributed by atoms with van der Waals surface area (Å²) in [6, 6.07) is 0. The summed E-state index contributed by atoms with van der Waals surface area (Å²) >= 11 is 1.34. The van der Waals surface area contributed by atoms with Gasteiger partial charge in [0, 0.05) is 5.38 Å². The summed E-state index contributed by atoms with van der Waals surface area (Å²) in [5.74, 6) is 0.340. The molecule has 0 N–H and O–H groups in total. The number of hydrogen-bond acceptors (Lipinski definition) is 3. The van der Waals surface area contributed by atoms with Crippen molar-refractivity contribution in [2.45, 2.75) is 39.0 Å². The number of alkyl halides is 3. The fraction of sp³-hybridized carbons (Fsp3) is 0.700. The maximum absolute atomic E-state index is 11.8. The van der Waals surface area contributed by atoms with Crippen molar-refractivity contribution in [1.82, 2.24) is 4.98 Å². The van der Waals surface area contributed by atoms with Crippen LogP contribution in [-0.4, -0.2) is 17.8 Å². The van der Waals surface area contributed by atoms with Crippen molar-refractivity contribution in [3.05, 3.63) is 16.1 Å². The Labute approximate surface area is 96.5 Å². The van der Waals surface area contributed by atoms with E-state index in [0.717, 1.165) is 12.1 Å². The number of halogens is 3. The summed E-state index contributed by atoms with van der Waals surface area (Å²) in [5, 5.41) is 2.47. The molecular weight excluding hydrogens is 239 g/mol. The third-order valence-corrected chi connectivity index (χ3v) is 3.02. The van der Waals surface area contributed by atoms with Gasteiger partial charge >= 0.3 is 6.18 Å². The minimum absolute atomic E-state index is 0.0688. The molecule has 1 unspecified atom stereocenters. The van der Waals surface area contributed by atoms with Gasteiger partial charge in [-0.15, -0.1) is 11.3 Å². The Morgan fingerprint density at radius 1 is 1.50 bits per heavy atom. The van der Waals surface area contributed by atoms with Gasteiger partial charge in [-0.2, -0.15) is 13.2 Å². The van der Waals surface area contributed by atoms with Crippen molar-refractivity contribution < 1.29 is 17.9 Å². The minimum Gasteiger partial charge on any atom is -0.365 e. The van der Waals surface area contributed by atoms with E-state index >= 15 is 0 Å². The van der Waals surface area contributed by atoms with Crippen LogP contribution in [0.3, 0.4) is 0 Å². The van der Waals surface area contributed by atoms with Crippen LogP contribution in [0.25, 0.3) is 0 Å². The number of aromatic nitrogens is 1. The van der Waals surface area contributed by atoms with Gasteiger partial charge in [0.05, 0.1) is 12.3 Å². The van der Waals surface area contributed by atoms with Gasteiger partial charge in [0.25, 0.3) is 0 Å². The van der Waals surface area contributed by atoms with Crippen LogP contribution in [0.1, 0.15) is 36.9 Å². The molecule has 1 atom stereocenters. The van der Waals surface area contributed by atoms with E-state index in [1.807, 2.05) is 19.2 Å². The van der Waals surface area contributed by atoms with E-state index in [2.05, 4.69) is 9.72 Å². The largest absolute Gasteiger partial charge is 0.411 e. The third-order valence-electron chi connectivity index (χ3n) is 2.18. The second-order valence-electron chi connectivity index (χ2n) is 3.58. The van der Waals surface area contributed by atoms with Gasteiger partial charge in [-0.1, -0.05) is 13.8 Å². The average molecular weight is 253 g/mol. The zero-order valence-corrected chi connectivity index (χ0v) is 9.99. The van der Waals surface area contributed by atoms with Crippen molar-refractivity contribution in [1.29, 1.82) is 0 Å². The average Bonchev–Trinajstić information content (AvgIpc) is 2.63. The Bertz CT molecular complexity index is 324. The van der Waals surface area contributed by atoms with E-state index in [1.54, 1.807) is 0 Å². The summed E-state index contributed by atoms with van der Waals surface area (Å²) in [4.78, 5) is 4.23. The quantitative estimate of drug-likeness (QED) is 0.797. The van der Waals surface area contributed by atoms with Crippen molar-refractivity contribution in [3.63, 3.8) is 0 Å². The molecule has 0 spiro atoms. The first kappa shape index (κ1) is 13.4. The minimum atomic E-state index is -4.27. The molecule has 0 aliphatic rings. The fourth-order valence-corrected chi connectivity index (χ4v) is 1.93. The molecule has 1 rings (SSSR count). The first-order valence-corrected chi connectivity index (χ1v) is 5.89. The zero-order chi connectivity index (χ0) is 12.2. The second kappa shape index (κ2) is 5.63. The summed E-state index contributed by atoms with van der Waals surface area (Å²) in [7, 11) is 0. The van der Waals surface area contributed by atoms with Gasteiger partial charge < -0.3 is 4.74 Å². The molecule has 0 radical (unpaired) electrons. The molecule has 0 saturated heterocycles. The van der Waals surface area contributed by atoms with Gasteiger partial charge in [0.1, 0.15) is 11.6 Å². The summed E-state index contributed by atoms with van der Waals surface area (Å²) < 4.78 is 39.9. The Kier molecular flexibility index (Phi) is 4.73. The van der Waals surface area contributed by atoms with Crippen molar-refractivity contribution >= 4 is 11.3 Å². The lowest BCUT2D eigenvalue weighted by Crippen LogP contribution is -2.16. The van der Waals surface area contributed by atoms with Crippen molar-refractivity contribution in [2.24, 2.45) is 0 Å². The highest BCUT2D eigenvalue weighted by atomic mass is 32.1. The van der Waals surface area contributed by atoms with E-state index in [4.69, 9.17) is 0 Å². The summed E-state index contributed by atoms with van der Waals surface area (Å²) in [6.45, 7) is 2.80. The zero-order valence-electron chi connectivity index (χ0n) is 9.17. The van der Waals surface area contributed by atoms with Crippen molar-refractivity contribution in [3.8, 4) is 0 Å². The Hall–Kier alpha value is -0.620. The van der Waals surface area contributed by atoms with E-state index in [0.29, 0.717) is 10.9 Å². The first-order chi connectivity index (χ1) is 7.42. The summed E-state index contributed by atoms with van der Waals surface area (Å²) in [6.07, 6.45) is -3.30. The Morgan fingerprint density at radius 2 is 2.19 bits per heavy atom. The van der Waals surface area contributed by atoms with E-state index in [1.165, 1.54) is 11.3 Å². The van der Waals surface area contributed by atoms with E-state index < -0.39 is 12.8 Å². The number of ether oxygens (including phenoxy) is 1. The SMILES string of the molecule is CCC(C)c1csc(COCC(F)(F)F)n1. The van der Waals surface area contributed by atoms with Crippen LogP contribution in [0.2, 0.25) is 0 Å². The van der Waals surface area contributed by atoms with Gasteiger partial charge in [-0.3, -0.25) is 0 Å². The highest BCUT2D eigenvalue weighted by Crippen LogP contribution is 2.22. The molecule has 1 aromatic rings. The molecule has 6 heteroatoms. The van der Waals surface area contributed by atoms with Gasteiger partial charge in [0.15, 0.2) is 0 Å². The number of thiazole rings is 1. The van der Waals surface area contributed by atoms with Crippen LogP contribution in [-0.2, 0) is 11.3 Å². The monoisotopic (exact) mass is 253 g/mol. The molecule has 1 heterocycles. The van der Waals surface area contributed by atoms with Crippen molar-refractivity contribution in [2.75, 3.05) is 6.61 Å². The molecule has 1 aromatic heterocycles. The first-order valence-electron chi connectivity index (χ1n) is 5.01. The fourth-order valence-electron chi connectivity index (χ4n) is 1.08. The van der Waals surface area contributed by atoms with Crippen LogP contribution in [0, 0.1) is 0 Å². The van der Waals surface area contributed by atoms with Gasteiger partial charge in [-0.05, 0) is 12.3 Å². The molecule has 0 saturated carbocycles. The smallest absolute Gasteiger partial charge is 0.365 e. The van der Waals surface area contributed by atoms with Gasteiger partial charge in [-0.25, -0.2) is 4.98 Å². The lowest BCUT2D eigenvalue weighted by Gasteiger charge is -2.06. The normalized spacial score (nSPS) is 14.1. The predicted molar refractivity (Wildman–Crippen MR) is 56.5 cm³/mol. The molecule has 0 fully saturated rings. The topological polar surface area (TPSA) is 22.1 Å². The van der Waals surface area contributed by atoms with Crippen LogP contribution in [0.15, 0.2) is 5.38 Å². The molecule has 0 aromatic carbocycles. The van der Waals surface area contributed by atoms with E-state index in [9.17, 15) is 13.2 Å². The number of rotatable bonds is 5. The highest BCUT2D eigenvalue weighted by molar-refractivity contribution is 7.09. The lowest BCUT2D eigenvalue weighted by molar-refractivity contribution is -0.176. The number of nitrogens with zero attached hydrogens (tertiary/aromatic N) is 1. The molecule has 92 valence electrons. The maximum Gasteiger partial charge on any atom is 0.411 e. The second-order valence-corrected chi connectivity index (χ2v) is 4.53.